The molecule has 0 amide bonds. The summed E-state index contributed by atoms with van der Waals surface area (Å²) in [4.78, 5) is 2.51. The van der Waals surface area contributed by atoms with E-state index in [-0.39, 0.29) is 0 Å². The van der Waals surface area contributed by atoms with E-state index < -0.39 is 0 Å². The van der Waals surface area contributed by atoms with E-state index in [2.05, 4.69) is 10.2 Å². The molecule has 4 heteroatoms. The molecule has 1 fully saturated rings. The van der Waals surface area contributed by atoms with E-state index in [1.807, 2.05) is 24.3 Å². The Balaban J connectivity index is 1.51. The molecule has 0 atom stereocenters. The minimum atomic E-state index is 0.701. The van der Waals surface area contributed by atoms with Gasteiger partial charge in [0.2, 0.25) is 0 Å². The Labute approximate surface area is 115 Å². The number of methoxy groups -OCH3 is 1. The van der Waals surface area contributed by atoms with Crippen LogP contribution >= 0.6 is 0 Å². The summed E-state index contributed by atoms with van der Waals surface area (Å²) in [6, 6.07) is 7.69. The third-order valence-electron chi connectivity index (χ3n) is 3.41. The van der Waals surface area contributed by atoms with Crippen LogP contribution in [-0.2, 0) is 0 Å². The van der Waals surface area contributed by atoms with Crippen molar-refractivity contribution in [2.24, 2.45) is 0 Å². The van der Waals surface area contributed by atoms with Gasteiger partial charge in [0, 0.05) is 19.6 Å². The molecule has 1 N–H and O–H groups in total. The second kappa shape index (κ2) is 8.02. The van der Waals surface area contributed by atoms with Crippen LogP contribution in [0.1, 0.15) is 12.8 Å². The van der Waals surface area contributed by atoms with Gasteiger partial charge in [0.1, 0.15) is 18.1 Å². The summed E-state index contributed by atoms with van der Waals surface area (Å²) in [5.74, 6) is 1.75. The fraction of sp³-hybridized carbons (Fsp3) is 0.600. The highest BCUT2D eigenvalue weighted by Crippen LogP contribution is 2.16. The summed E-state index contributed by atoms with van der Waals surface area (Å²) < 4.78 is 10.7. The average molecular weight is 264 g/mol. The lowest BCUT2D eigenvalue weighted by Crippen LogP contribution is -2.32. The summed E-state index contributed by atoms with van der Waals surface area (Å²) in [5, 5.41) is 3.41. The Morgan fingerprint density at radius 2 is 1.74 bits per heavy atom. The number of ether oxygens (including phenoxy) is 2. The summed E-state index contributed by atoms with van der Waals surface area (Å²) in [7, 11) is 1.67. The summed E-state index contributed by atoms with van der Waals surface area (Å²) in [5.41, 5.74) is 0. The number of hydrogen-bond donors (Lipinski definition) is 1. The first-order valence-electron chi connectivity index (χ1n) is 7.08. The maximum atomic E-state index is 5.65. The largest absolute Gasteiger partial charge is 0.497 e. The molecule has 19 heavy (non-hydrogen) atoms. The molecule has 0 aliphatic carbocycles. The number of likely N-dealkylation sites (tertiary alicyclic amines) is 1. The standard InChI is InChI=1S/C15H24N2O2/c1-18-14-4-6-15(7-5-14)19-13-9-16-8-12-17-10-2-3-11-17/h4-7,16H,2-3,8-13H2,1H3. The third-order valence-corrected chi connectivity index (χ3v) is 3.41. The van der Waals surface area contributed by atoms with Crippen LogP contribution in [0.5, 0.6) is 11.5 Å². The van der Waals surface area contributed by atoms with Crippen molar-refractivity contribution in [2.45, 2.75) is 12.8 Å². The average Bonchev–Trinajstić information content (AvgIpc) is 2.96. The molecule has 1 heterocycles. The molecule has 1 aromatic carbocycles. The van der Waals surface area contributed by atoms with Gasteiger partial charge in [-0.2, -0.15) is 0 Å². The maximum Gasteiger partial charge on any atom is 0.119 e. The van der Waals surface area contributed by atoms with Crippen LogP contribution < -0.4 is 14.8 Å². The zero-order valence-corrected chi connectivity index (χ0v) is 11.7. The monoisotopic (exact) mass is 264 g/mol. The van der Waals surface area contributed by atoms with E-state index in [1.54, 1.807) is 7.11 Å². The smallest absolute Gasteiger partial charge is 0.119 e. The van der Waals surface area contributed by atoms with Crippen LogP contribution in [0.3, 0.4) is 0 Å². The Bertz CT molecular complexity index is 348. The first-order valence-corrected chi connectivity index (χ1v) is 7.08. The lowest BCUT2D eigenvalue weighted by Gasteiger charge is -2.14. The highest BCUT2D eigenvalue weighted by atomic mass is 16.5. The van der Waals surface area contributed by atoms with Gasteiger partial charge in [0.05, 0.1) is 7.11 Å². The third kappa shape index (κ3) is 5.09. The van der Waals surface area contributed by atoms with Crippen molar-refractivity contribution in [1.29, 1.82) is 0 Å². The van der Waals surface area contributed by atoms with E-state index in [1.165, 1.54) is 25.9 Å². The Kier molecular flexibility index (Phi) is 5.98. The first kappa shape index (κ1) is 14.2. The molecule has 1 aliphatic heterocycles. The minimum absolute atomic E-state index is 0.701. The van der Waals surface area contributed by atoms with Crippen molar-refractivity contribution in [2.75, 3.05) is 46.4 Å². The molecule has 1 saturated heterocycles. The topological polar surface area (TPSA) is 33.7 Å². The van der Waals surface area contributed by atoms with Gasteiger partial charge in [-0.25, -0.2) is 0 Å². The fourth-order valence-electron chi connectivity index (χ4n) is 2.28. The fourth-order valence-corrected chi connectivity index (χ4v) is 2.28. The molecular weight excluding hydrogens is 240 g/mol. The lowest BCUT2D eigenvalue weighted by atomic mass is 10.3. The van der Waals surface area contributed by atoms with Gasteiger partial charge in [-0.3, -0.25) is 0 Å². The van der Waals surface area contributed by atoms with Gasteiger partial charge in [0.15, 0.2) is 0 Å². The molecule has 0 radical (unpaired) electrons. The van der Waals surface area contributed by atoms with E-state index in [4.69, 9.17) is 9.47 Å². The van der Waals surface area contributed by atoms with Gasteiger partial charge in [-0.1, -0.05) is 0 Å². The van der Waals surface area contributed by atoms with E-state index in [0.717, 1.165) is 31.1 Å². The Morgan fingerprint density at radius 3 is 2.42 bits per heavy atom. The van der Waals surface area contributed by atoms with Crippen LogP contribution in [0.4, 0.5) is 0 Å². The van der Waals surface area contributed by atoms with Crippen LogP contribution in [0, 0.1) is 0 Å². The quantitative estimate of drug-likeness (QED) is 0.725. The predicted octanol–water partition coefficient (Wildman–Crippen LogP) is 1.76. The van der Waals surface area contributed by atoms with Crippen molar-refractivity contribution < 1.29 is 9.47 Å². The second-order valence-electron chi connectivity index (χ2n) is 4.82. The molecule has 0 aromatic heterocycles. The number of rotatable bonds is 8. The van der Waals surface area contributed by atoms with Gasteiger partial charge >= 0.3 is 0 Å². The maximum absolute atomic E-state index is 5.65. The number of nitrogens with one attached hydrogen (secondary N) is 1. The highest BCUT2D eigenvalue weighted by Gasteiger charge is 2.09. The van der Waals surface area contributed by atoms with Crippen LogP contribution in [-0.4, -0.2) is 51.3 Å². The summed E-state index contributed by atoms with van der Waals surface area (Å²) in [6.07, 6.45) is 2.72. The van der Waals surface area contributed by atoms with Crippen molar-refractivity contribution in [3.63, 3.8) is 0 Å². The predicted molar refractivity (Wildman–Crippen MR) is 77.0 cm³/mol. The van der Waals surface area contributed by atoms with Crippen LogP contribution in [0.25, 0.3) is 0 Å². The van der Waals surface area contributed by atoms with E-state index in [0.29, 0.717) is 6.61 Å². The van der Waals surface area contributed by atoms with Crippen molar-refractivity contribution in [1.82, 2.24) is 10.2 Å². The Hall–Kier alpha value is -1.26. The van der Waals surface area contributed by atoms with Gasteiger partial charge < -0.3 is 19.7 Å². The molecule has 1 aromatic rings. The van der Waals surface area contributed by atoms with Crippen LogP contribution in [0.2, 0.25) is 0 Å². The first-order chi connectivity index (χ1) is 9.38. The molecule has 0 bridgehead atoms. The molecule has 0 spiro atoms. The zero-order valence-electron chi connectivity index (χ0n) is 11.7. The van der Waals surface area contributed by atoms with Gasteiger partial charge in [-0.05, 0) is 50.2 Å². The number of nitrogens with zero attached hydrogens (tertiary/aromatic N) is 1. The van der Waals surface area contributed by atoms with Gasteiger partial charge in [0.25, 0.3) is 0 Å². The Morgan fingerprint density at radius 1 is 1.05 bits per heavy atom. The summed E-state index contributed by atoms with van der Waals surface area (Å²) in [6.45, 7) is 6.33. The van der Waals surface area contributed by atoms with Crippen molar-refractivity contribution in [3.05, 3.63) is 24.3 Å². The lowest BCUT2D eigenvalue weighted by molar-refractivity contribution is 0.299. The van der Waals surface area contributed by atoms with Gasteiger partial charge in [-0.15, -0.1) is 0 Å². The molecule has 106 valence electrons. The minimum Gasteiger partial charge on any atom is -0.497 e. The van der Waals surface area contributed by atoms with E-state index >= 15 is 0 Å². The molecule has 0 unspecified atom stereocenters. The molecule has 0 saturated carbocycles. The molecule has 4 nitrogen and oxygen atoms in total. The molecule has 1 aliphatic rings. The molecule has 2 rings (SSSR count). The van der Waals surface area contributed by atoms with Crippen molar-refractivity contribution in [3.8, 4) is 11.5 Å². The summed E-state index contributed by atoms with van der Waals surface area (Å²) >= 11 is 0. The van der Waals surface area contributed by atoms with Crippen molar-refractivity contribution >= 4 is 0 Å². The number of hydrogen-bond acceptors (Lipinski definition) is 4. The number of benzene rings is 1. The zero-order chi connectivity index (χ0) is 13.3. The SMILES string of the molecule is COc1ccc(OCCNCCN2CCCC2)cc1. The highest BCUT2D eigenvalue weighted by molar-refractivity contribution is 5.31. The molecular formula is C15H24N2O2. The van der Waals surface area contributed by atoms with Crippen LogP contribution in [0.15, 0.2) is 24.3 Å². The van der Waals surface area contributed by atoms with E-state index in [9.17, 15) is 0 Å². The second-order valence-corrected chi connectivity index (χ2v) is 4.82. The normalized spacial score (nSPS) is 15.6.